The third kappa shape index (κ3) is 4.76. The van der Waals surface area contributed by atoms with E-state index in [4.69, 9.17) is 0 Å². The van der Waals surface area contributed by atoms with Gasteiger partial charge < -0.3 is 10.6 Å². The normalized spacial score (nSPS) is 13.8. The number of carbonyl (C=O) groups is 2. The minimum atomic E-state index is -0.239. The first-order chi connectivity index (χ1) is 12.1. The summed E-state index contributed by atoms with van der Waals surface area (Å²) in [6, 6.07) is 7.45. The van der Waals surface area contributed by atoms with Crippen molar-refractivity contribution >= 4 is 34.0 Å². The van der Waals surface area contributed by atoms with E-state index in [9.17, 15) is 9.59 Å². The summed E-state index contributed by atoms with van der Waals surface area (Å²) < 4.78 is 0. The summed E-state index contributed by atoms with van der Waals surface area (Å²) in [5.74, 6) is 0.317. The van der Waals surface area contributed by atoms with Crippen molar-refractivity contribution in [1.29, 1.82) is 0 Å². The van der Waals surface area contributed by atoms with E-state index in [-0.39, 0.29) is 11.8 Å². The summed E-state index contributed by atoms with van der Waals surface area (Å²) in [6.45, 7) is 3.42. The highest BCUT2D eigenvalue weighted by Crippen LogP contribution is 2.37. The van der Waals surface area contributed by atoms with Crippen molar-refractivity contribution in [3.63, 3.8) is 0 Å². The van der Waals surface area contributed by atoms with Crippen LogP contribution >= 0.6 is 11.3 Å². The molecule has 2 N–H and O–H groups in total. The van der Waals surface area contributed by atoms with Crippen molar-refractivity contribution in [2.75, 3.05) is 10.6 Å². The third-order valence-electron chi connectivity index (χ3n) is 4.34. The Morgan fingerprint density at radius 2 is 2.00 bits per heavy atom. The van der Waals surface area contributed by atoms with E-state index in [0.717, 1.165) is 11.3 Å². The van der Waals surface area contributed by atoms with Gasteiger partial charge in [0.2, 0.25) is 11.8 Å². The molecule has 1 aliphatic carbocycles. The summed E-state index contributed by atoms with van der Waals surface area (Å²) in [6.07, 6.45) is 5.97. The summed E-state index contributed by atoms with van der Waals surface area (Å²) in [5.41, 5.74) is 2.87. The number of amides is 2. The molecule has 2 amide bonds. The summed E-state index contributed by atoms with van der Waals surface area (Å²) in [4.78, 5) is 27.8. The number of anilines is 2. The van der Waals surface area contributed by atoms with Crippen LogP contribution in [0.1, 0.15) is 42.9 Å². The molecular formula is C19H21N3O2S. The fourth-order valence-corrected chi connectivity index (χ4v) is 3.43. The lowest BCUT2D eigenvalue weighted by atomic mass is 9.83. The number of nitrogens with zero attached hydrogens (tertiary/aromatic N) is 1. The maximum absolute atomic E-state index is 12.1. The van der Waals surface area contributed by atoms with Crippen LogP contribution in [-0.2, 0) is 16.0 Å². The molecule has 0 radical (unpaired) electrons. The molecule has 6 heteroatoms. The van der Waals surface area contributed by atoms with Gasteiger partial charge in [-0.05, 0) is 43.0 Å². The molecule has 0 saturated heterocycles. The Kier molecular flexibility index (Phi) is 5.60. The Balaban J connectivity index is 1.46. The first-order valence-corrected chi connectivity index (χ1v) is 9.29. The predicted molar refractivity (Wildman–Crippen MR) is 101 cm³/mol. The maximum Gasteiger partial charge on any atom is 0.247 e. The average Bonchev–Trinajstić information content (AvgIpc) is 3.00. The van der Waals surface area contributed by atoms with Crippen LogP contribution in [-0.4, -0.2) is 16.8 Å². The summed E-state index contributed by atoms with van der Waals surface area (Å²) >= 11 is 1.50. The van der Waals surface area contributed by atoms with E-state index in [0.29, 0.717) is 29.6 Å². The number of rotatable bonds is 7. The molecule has 1 fully saturated rings. The lowest BCUT2D eigenvalue weighted by molar-refractivity contribution is -0.116. The Morgan fingerprint density at radius 3 is 2.64 bits per heavy atom. The van der Waals surface area contributed by atoms with Gasteiger partial charge in [0.1, 0.15) is 0 Å². The molecule has 0 spiro atoms. The zero-order valence-electron chi connectivity index (χ0n) is 14.0. The van der Waals surface area contributed by atoms with Gasteiger partial charge in [-0.25, -0.2) is 4.98 Å². The van der Waals surface area contributed by atoms with Crippen molar-refractivity contribution in [2.45, 2.75) is 38.0 Å². The van der Waals surface area contributed by atoms with Crippen LogP contribution in [0.15, 0.2) is 42.3 Å². The smallest absolute Gasteiger partial charge is 0.247 e. The first kappa shape index (κ1) is 17.4. The molecule has 5 nitrogen and oxygen atoms in total. The van der Waals surface area contributed by atoms with Crippen LogP contribution in [0.3, 0.4) is 0 Å². The Bertz CT molecular complexity index is 763. The van der Waals surface area contributed by atoms with E-state index < -0.39 is 0 Å². The zero-order valence-corrected chi connectivity index (χ0v) is 14.8. The molecule has 1 aliphatic rings. The van der Waals surface area contributed by atoms with Crippen LogP contribution in [0, 0.1) is 0 Å². The number of benzene rings is 1. The van der Waals surface area contributed by atoms with Crippen molar-refractivity contribution in [3.8, 4) is 0 Å². The highest BCUT2D eigenvalue weighted by atomic mass is 32.1. The number of nitrogens with one attached hydrogen (secondary N) is 2. The van der Waals surface area contributed by atoms with Crippen molar-refractivity contribution in [2.24, 2.45) is 0 Å². The lowest BCUT2D eigenvalue weighted by Gasteiger charge is -2.22. The molecule has 130 valence electrons. The Hall–Kier alpha value is -2.47. The summed E-state index contributed by atoms with van der Waals surface area (Å²) in [5, 5.41) is 8.32. The van der Waals surface area contributed by atoms with Gasteiger partial charge in [-0.15, -0.1) is 11.3 Å². The molecule has 3 rings (SSSR count). The van der Waals surface area contributed by atoms with Gasteiger partial charge in [-0.3, -0.25) is 9.59 Å². The van der Waals surface area contributed by atoms with Crippen LogP contribution < -0.4 is 10.6 Å². The minimum absolute atomic E-state index is 0.0291. The average molecular weight is 355 g/mol. The van der Waals surface area contributed by atoms with Crippen LogP contribution in [0.2, 0.25) is 0 Å². The Labute approximate surface area is 151 Å². The van der Waals surface area contributed by atoms with E-state index in [1.165, 1.54) is 36.7 Å². The van der Waals surface area contributed by atoms with Crippen molar-refractivity contribution in [1.82, 2.24) is 4.98 Å². The molecule has 1 saturated carbocycles. The number of hydrogen-bond acceptors (Lipinski definition) is 4. The quantitative estimate of drug-likeness (QED) is 0.734. The van der Waals surface area contributed by atoms with Crippen molar-refractivity contribution in [3.05, 3.63) is 53.6 Å². The molecule has 1 heterocycles. The highest BCUT2D eigenvalue weighted by molar-refractivity contribution is 7.13. The van der Waals surface area contributed by atoms with Crippen LogP contribution in [0.4, 0.5) is 10.8 Å². The van der Waals surface area contributed by atoms with Gasteiger partial charge in [0.25, 0.3) is 0 Å². The monoisotopic (exact) mass is 355 g/mol. The number of carbonyl (C=O) groups excluding carboxylic acids is 2. The SMILES string of the molecule is C=CC(=O)Nc1ccc(CCC(=O)Nc2nc(C3CCC3)cs2)cc1. The number of aromatic nitrogens is 1. The second-order valence-electron chi connectivity index (χ2n) is 6.14. The molecule has 0 unspecified atom stereocenters. The standard InChI is InChI=1S/C19H21N3O2S/c1-2-17(23)20-15-9-6-13(7-10-15)8-11-18(24)22-19-21-16(12-25-19)14-4-3-5-14/h2,6-7,9-10,12,14H,1,3-5,8,11H2,(H,20,23)(H,21,22,24). The number of hydrogen-bond donors (Lipinski definition) is 2. The molecular weight excluding hydrogens is 334 g/mol. The highest BCUT2D eigenvalue weighted by Gasteiger charge is 2.22. The van der Waals surface area contributed by atoms with Crippen molar-refractivity contribution < 1.29 is 9.59 Å². The minimum Gasteiger partial charge on any atom is -0.323 e. The molecule has 0 bridgehead atoms. The Morgan fingerprint density at radius 1 is 1.24 bits per heavy atom. The molecule has 2 aromatic rings. The van der Waals surface area contributed by atoms with Crippen LogP contribution in [0.25, 0.3) is 0 Å². The van der Waals surface area contributed by atoms with E-state index in [1.807, 2.05) is 24.3 Å². The van der Waals surface area contributed by atoms with E-state index in [2.05, 4.69) is 27.6 Å². The van der Waals surface area contributed by atoms with Gasteiger partial charge in [-0.2, -0.15) is 0 Å². The van der Waals surface area contributed by atoms with Gasteiger partial charge in [0.15, 0.2) is 5.13 Å². The fraction of sp³-hybridized carbons (Fsp3) is 0.316. The van der Waals surface area contributed by atoms with Gasteiger partial charge in [0, 0.05) is 23.4 Å². The fourth-order valence-electron chi connectivity index (χ4n) is 2.62. The predicted octanol–water partition coefficient (Wildman–Crippen LogP) is 4.11. The molecule has 1 aromatic carbocycles. The molecule has 25 heavy (non-hydrogen) atoms. The topological polar surface area (TPSA) is 71.1 Å². The largest absolute Gasteiger partial charge is 0.323 e. The van der Waals surface area contributed by atoms with E-state index >= 15 is 0 Å². The number of aryl methyl sites for hydroxylation is 1. The second-order valence-corrected chi connectivity index (χ2v) is 7.00. The maximum atomic E-state index is 12.1. The first-order valence-electron chi connectivity index (χ1n) is 8.41. The molecule has 0 atom stereocenters. The van der Waals surface area contributed by atoms with Gasteiger partial charge in [-0.1, -0.05) is 25.1 Å². The third-order valence-corrected chi connectivity index (χ3v) is 5.12. The lowest BCUT2D eigenvalue weighted by Crippen LogP contribution is -2.13. The van der Waals surface area contributed by atoms with E-state index in [1.54, 1.807) is 0 Å². The molecule has 0 aliphatic heterocycles. The van der Waals surface area contributed by atoms with Crippen LogP contribution in [0.5, 0.6) is 0 Å². The van der Waals surface area contributed by atoms with Gasteiger partial charge in [0.05, 0.1) is 5.69 Å². The molecule has 1 aromatic heterocycles. The zero-order chi connectivity index (χ0) is 17.6. The summed E-state index contributed by atoms with van der Waals surface area (Å²) in [7, 11) is 0. The second kappa shape index (κ2) is 8.07. The van der Waals surface area contributed by atoms with Gasteiger partial charge >= 0.3 is 0 Å². The number of thiazole rings is 1.